The number of urea groups is 1. The summed E-state index contributed by atoms with van der Waals surface area (Å²) >= 11 is 0. The van der Waals surface area contributed by atoms with Crippen molar-refractivity contribution >= 4 is 12.0 Å². The molecule has 0 aromatic carbocycles. The Morgan fingerprint density at radius 2 is 2.05 bits per heavy atom. The van der Waals surface area contributed by atoms with E-state index >= 15 is 0 Å². The van der Waals surface area contributed by atoms with Gasteiger partial charge in [-0.15, -0.1) is 0 Å². The normalized spacial score (nSPS) is 29.5. The number of nitrogens with zero attached hydrogens (tertiary/aromatic N) is 1. The SMILES string of the molecule is CC1CCN(C(=O)NCC2(C(=O)O)CCC2)C(C)C1. The molecule has 0 aromatic heterocycles. The van der Waals surface area contributed by atoms with Gasteiger partial charge in [-0.2, -0.15) is 0 Å². The Labute approximate surface area is 114 Å². The van der Waals surface area contributed by atoms with E-state index in [1.165, 1.54) is 0 Å². The van der Waals surface area contributed by atoms with E-state index in [0.29, 0.717) is 18.8 Å². The summed E-state index contributed by atoms with van der Waals surface area (Å²) in [6.45, 7) is 5.30. The van der Waals surface area contributed by atoms with Gasteiger partial charge in [0.25, 0.3) is 0 Å². The third kappa shape index (κ3) is 2.85. The van der Waals surface area contributed by atoms with E-state index < -0.39 is 11.4 Å². The molecule has 2 N–H and O–H groups in total. The predicted molar refractivity (Wildman–Crippen MR) is 71.9 cm³/mol. The van der Waals surface area contributed by atoms with Crippen LogP contribution in [0.4, 0.5) is 4.79 Å². The second-order valence-corrected chi connectivity index (χ2v) is 6.27. The molecule has 0 radical (unpaired) electrons. The van der Waals surface area contributed by atoms with Crippen molar-refractivity contribution in [2.45, 2.75) is 52.0 Å². The molecule has 0 bridgehead atoms. The number of hydrogen-bond acceptors (Lipinski definition) is 2. The summed E-state index contributed by atoms with van der Waals surface area (Å²) in [7, 11) is 0. The fourth-order valence-electron chi connectivity index (χ4n) is 3.13. The summed E-state index contributed by atoms with van der Waals surface area (Å²) in [6, 6.07) is 0.137. The summed E-state index contributed by atoms with van der Waals surface area (Å²) < 4.78 is 0. The van der Waals surface area contributed by atoms with Crippen LogP contribution in [0.25, 0.3) is 0 Å². The number of rotatable bonds is 3. The molecule has 2 unspecified atom stereocenters. The highest BCUT2D eigenvalue weighted by molar-refractivity contribution is 5.79. The Morgan fingerprint density at radius 3 is 2.53 bits per heavy atom. The molecule has 108 valence electrons. The van der Waals surface area contributed by atoms with Gasteiger partial charge in [-0.1, -0.05) is 13.3 Å². The highest BCUT2D eigenvalue weighted by Gasteiger charge is 2.44. The lowest BCUT2D eigenvalue weighted by atomic mass is 9.69. The number of likely N-dealkylation sites (tertiary alicyclic amines) is 1. The zero-order valence-corrected chi connectivity index (χ0v) is 11.8. The van der Waals surface area contributed by atoms with Gasteiger partial charge in [0.05, 0.1) is 5.41 Å². The maximum absolute atomic E-state index is 12.1. The fourth-order valence-corrected chi connectivity index (χ4v) is 3.13. The number of carbonyl (C=O) groups is 2. The fraction of sp³-hybridized carbons (Fsp3) is 0.857. The molecule has 1 heterocycles. The number of hydrogen-bond donors (Lipinski definition) is 2. The standard InChI is InChI=1S/C14H24N2O3/c1-10-4-7-16(11(2)8-10)13(19)15-9-14(12(17)18)5-3-6-14/h10-11H,3-9H2,1-2H3,(H,15,19)(H,17,18). The lowest BCUT2D eigenvalue weighted by Gasteiger charge is -2.40. The van der Waals surface area contributed by atoms with Crippen molar-refractivity contribution in [1.29, 1.82) is 0 Å². The summed E-state index contributed by atoms with van der Waals surface area (Å²) in [4.78, 5) is 25.2. The number of carboxylic acids is 1. The van der Waals surface area contributed by atoms with Crippen molar-refractivity contribution in [3.8, 4) is 0 Å². The van der Waals surface area contributed by atoms with Gasteiger partial charge < -0.3 is 15.3 Å². The van der Waals surface area contributed by atoms with Gasteiger partial charge in [-0.3, -0.25) is 4.79 Å². The minimum absolute atomic E-state index is 0.105. The topological polar surface area (TPSA) is 69.6 Å². The maximum atomic E-state index is 12.1. The van der Waals surface area contributed by atoms with Crippen molar-refractivity contribution in [2.24, 2.45) is 11.3 Å². The van der Waals surface area contributed by atoms with Crippen LogP contribution >= 0.6 is 0 Å². The summed E-state index contributed by atoms with van der Waals surface area (Å²) in [5, 5.41) is 12.1. The number of amides is 2. The molecule has 2 amide bonds. The van der Waals surface area contributed by atoms with Crippen LogP contribution in [-0.4, -0.2) is 41.1 Å². The Morgan fingerprint density at radius 1 is 1.37 bits per heavy atom. The molecule has 5 nitrogen and oxygen atoms in total. The van der Waals surface area contributed by atoms with E-state index in [4.69, 9.17) is 0 Å². The van der Waals surface area contributed by atoms with E-state index in [2.05, 4.69) is 19.2 Å². The molecule has 1 aliphatic carbocycles. The third-order valence-corrected chi connectivity index (χ3v) is 4.74. The summed E-state index contributed by atoms with van der Waals surface area (Å²) in [5.41, 5.74) is -0.706. The van der Waals surface area contributed by atoms with Crippen molar-refractivity contribution < 1.29 is 14.7 Å². The average Bonchev–Trinajstić information content (AvgIpc) is 2.26. The van der Waals surface area contributed by atoms with Gasteiger partial charge in [0.15, 0.2) is 0 Å². The van der Waals surface area contributed by atoms with Gasteiger partial charge in [0.1, 0.15) is 0 Å². The van der Waals surface area contributed by atoms with Crippen molar-refractivity contribution in [1.82, 2.24) is 10.2 Å². The zero-order valence-electron chi connectivity index (χ0n) is 11.8. The predicted octanol–water partition coefficient (Wildman–Crippen LogP) is 2.07. The maximum Gasteiger partial charge on any atom is 0.317 e. The Kier molecular flexibility index (Phi) is 4.02. The van der Waals surface area contributed by atoms with Crippen LogP contribution in [0.3, 0.4) is 0 Å². The van der Waals surface area contributed by atoms with Crippen LogP contribution in [0.1, 0.15) is 46.0 Å². The zero-order chi connectivity index (χ0) is 14.0. The minimum Gasteiger partial charge on any atom is -0.481 e. The first-order chi connectivity index (χ1) is 8.94. The van der Waals surface area contributed by atoms with Gasteiger partial charge in [0, 0.05) is 19.1 Å². The molecule has 1 aliphatic heterocycles. The molecule has 2 aliphatic rings. The number of aliphatic carboxylic acids is 1. The molecule has 0 spiro atoms. The summed E-state index contributed by atoms with van der Waals surface area (Å²) in [6.07, 6.45) is 4.35. The van der Waals surface area contributed by atoms with Crippen LogP contribution in [-0.2, 0) is 4.79 Å². The quantitative estimate of drug-likeness (QED) is 0.823. The second-order valence-electron chi connectivity index (χ2n) is 6.27. The highest BCUT2D eigenvalue weighted by atomic mass is 16.4. The molecular weight excluding hydrogens is 244 g/mol. The first-order valence-electron chi connectivity index (χ1n) is 7.22. The monoisotopic (exact) mass is 268 g/mol. The van der Waals surface area contributed by atoms with Crippen molar-refractivity contribution in [2.75, 3.05) is 13.1 Å². The van der Waals surface area contributed by atoms with Gasteiger partial charge in [-0.25, -0.2) is 4.79 Å². The van der Waals surface area contributed by atoms with Gasteiger partial charge >= 0.3 is 12.0 Å². The van der Waals surface area contributed by atoms with Crippen LogP contribution < -0.4 is 5.32 Å². The Balaban J connectivity index is 1.86. The second kappa shape index (κ2) is 5.39. The van der Waals surface area contributed by atoms with Crippen LogP contribution in [0.15, 0.2) is 0 Å². The molecule has 0 aromatic rings. The molecule has 1 saturated heterocycles. The molecule has 19 heavy (non-hydrogen) atoms. The van der Waals surface area contributed by atoms with E-state index in [1.54, 1.807) is 0 Å². The number of piperidine rings is 1. The van der Waals surface area contributed by atoms with Crippen LogP contribution in [0, 0.1) is 11.3 Å². The van der Waals surface area contributed by atoms with E-state index in [9.17, 15) is 14.7 Å². The largest absolute Gasteiger partial charge is 0.481 e. The Hall–Kier alpha value is -1.26. The van der Waals surface area contributed by atoms with Crippen LogP contribution in [0.5, 0.6) is 0 Å². The lowest BCUT2D eigenvalue weighted by Crippen LogP contribution is -2.53. The third-order valence-electron chi connectivity index (χ3n) is 4.74. The van der Waals surface area contributed by atoms with Gasteiger partial charge in [-0.05, 0) is 38.5 Å². The van der Waals surface area contributed by atoms with E-state index in [-0.39, 0.29) is 18.6 Å². The lowest BCUT2D eigenvalue weighted by molar-refractivity contribution is -0.153. The first kappa shape index (κ1) is 14.2. The van der Waals surface area contributed by atoms with E-state index in [0.717, 1.165) is 25.8 Å². The van der Waals surface area contributed by atoms with Crippen molar-refractivity contribution in [3.63, 3.8) is 0 Å². The number of carbonyl (C=O) groups excluding carboxylic acids is 1. The average molecular weight is 268 g/mol. The molecule has 1 saturated carbocycles. The van der Waals surface area contributed by atoms with Crippen molar-refractivity contribution in [3.05, 3.63) is 0 Å². The molecule has 2 atom stereocenters. The highest BCUT2D eigenvalue weighted by Crippen LogP contribution is 2.40. The molecule has 5 heteroatoms. The van der Waals surface area contributed by atoms with E-state index in [1.807, 2.05) is 4.90 Å². The summed E-state index contributed by atoms with van der Waals surface area (Å²) in [5.74, 6) is -0.115. The number of nitrogens with one attached hydrogen (secondary N) is 1. The molecule has 2 fully saturated rings. The van der Waals surface area contributed by atoms with Gasteiger partial charge in [0.2, 0.25) is 0 Å². The minimum atomic E-state index is -0.778. The molecular formula is C14H24N2O3. The smallest absolute Gasteiger partial charge is 0.317 e. The van der Waals surface area contributed by atoms with Crippen LogP contribution in [0.2, 0.25) is 0 Å². The molecule has 2 rings (SSSR count). The first-order valence-corrected chi connectivity index (χ1v) is 7.22. The Bertz CT molecular complexity index is 366. The number of carboxylic acid groups (broad SMARTS) is 1.